The summed E-state index contributed by atoms with van der Waals surface area (Å²) >= 11 is 0. The Labute approximate surface area is 129 Å². The summed E-state index contributed by atoms with van der Waals surface area (Å²) in [6.07, 6.45) is 2.12. The third kappa shape index (κ3) is 4.91. The number of sulfone groups is 1. The van der Waals surface area contributed by atoms with E-state index in [1.165, 1.54) is 0 Å². The van der Waals surface area contributed by atoms with Crippen LogP contribution >= 0.6 is 0 Å². The molecule has 0 amide bonds. The van der Waals surface area contributed by atoms with Crippen molar-refractivity contribution in [3.05, 3.63) is 0 Å². The van der Waals surface area contributed by atoms with Crippen molar-refractivity contribution in [3.8, 4) is 0 Å². The molecule has 0 spiro atoms. The van der Waals surface area contributed by atoms with Crippen molar-refractivity contribution in [2.75, 3.05) is 44.4 Å². The summed E-state index contributed by atoms with van der Waals surface area (Å²) in [4.78, 5) is 2.37. The van der Waals surface area contributed by atoms with Crippen molar-refractivity contribution >= 4 is 9.84 Å². The van der Waals surface area contributed by atoms with Gasteiger partial charge in [0.25, 0.3) is 0 Å². The quantitative estimate of drug-likeness (QED) is 0.816. The van der Waals surface area contributed by atoms with Gasteiger partial charge in [-0.25, -0.2) is 8.42 Å². The molecule has 5 nitrogen and oxygen atoms in total. The van der Waals surface area contributed by atoms with E-state index in [4.69, 9.17) is 4.74 Å². The average Bonchev–Trinajstić information content (AvgIpc) is 2.41. The highest BCUT2D eigenvalue weighted by Crippen LogP contribution is 2.32. The Kier molecular flexibility index (Phi) is 5.68. The minimum absolute atomic E-state index is 0.127. The molecule has 0 radical (unpaired) electrons. The molecule has 21 heavy (non-hydrogen) atoms. The molecule has 2 aliphatic heterocycles. The molecule has 2 fully saturated rings. The summed E-state index contributed by atoms with van der Waals surface area (Å²) in [7, 11) is -2.83. The monoisotopic (exact) mass is 318 g/mol. The van der Waals surface area contributed by atoms with Gasteiger partial charge in [0.15, 0.2) is 9.84 Å². The van der Waals surface area contributed by atoms with E-state index in [2.05, 4.69) is 24.1 Å². The average molecular weight is 318 g/mol. The first-order valence-electron chi connectivity index (χ1n) is 8.08. The molecule has 6 heteroatoms. The van der Waals surface area contributed by atoms with Crippen LogP contribution in [0.3, 0.4) is 0 Å². The standard InChI is InChI=1S/C15H30N2O3S/c1-13(2)16-11-15(4-7-20-8-5-15)12-17-6-9-21(18,19)10-14(17)3/h13-14,16H,4-12H2,1-3H3. The van der Waals surface area contributed by atoms with Crippen molar-refractivity contribution in [2.45, 2.75) is 45.7 Å². The van der Waals surface area contributed by atoms with Crippen LogP contribution < -0.4 is 5.32 Å². The number of rotatable bonds is 5. The van der Waals surface area contributed by atoms with E-state index in [0.717, 1.165) is 39.1 Å². The van der Waals surface area contributed by atoms with Gasteiger partial charge in [0.05, 0.1) is 11.5 Å². The number of hydrogen-bond acceptors (Lipinski definition) is 5. The minimum atomic E-state index is -2.83. The van der Waals surface area contributed by atoms with E-state index in [1.807, 2.05) is 6.92 Å². The zero-order valence-corrected chi connectivity index (χ0v) is 14.4. The Bertz CT molecular complexity index is 430. The van der Waals surface area contributed by atoms with Gasteiger partial charge in [-0.05, 0) is 25.2 Å². The van der Waals surface area contributed by atoms with Gasteiger partial charge in [-0.3, -0.25) is 4.90 Å². The summed E-state index contributed by atoms with van der Waals surface area (Å²) in [5.74, 6) is 0.610. The number of ether oxygens (including phenoxy) is 1. The lowest BCUT2D eigenvalue weighted by molar-refractivity contribution is -0.00970. The first-order chi connectivity index (χ1) is 9.82. The van der Waals surface area contributed by atoms with Gasteiger partial charge in [-0.15, -0.1) is 0 Å². The maximum atomic E-state index is 11.7. The van der Waals surface area contributed by atoms with E-state index >= 15 is 0 Å². The second-order valence-corrected chi connectivity index (χ2v) is 9.31. The molecular weight excluding hydrogens is 288 g/mol. The van der Waals surface area contributed by atoms with Crippen LogP contribution in [0.5, 0.6) is 0 Å². The van der Waals surface area contributed by atoms with Crippen LogP contribution in [0.15, 0.2) is 0 Å². The molecule has 2 rings (SSSR count). The molecule has 0 aliphatic carbocycles. The minimum Gasteiger partial charge on any atom is -0.381 e. The smallest absolute Gasteiger partial charge is 0.153 e. The largest absolute Gasteiger partial charge is 0.381 e. The Morgan fingerprint density at radius 1 is 1.33 bits per heavy atom. The lowest BCUT2D eigenvalue weighted by Gasteiger charge is -2.44. The SMILES string of the molecule is CC(C)NCC1(CN2CCS(=O)(=O)CC2C)CCOCC1. The first-order valence-corrected chi connectivity index (χ1v) is 9.90. The lowest BCUT2D eigenvalue weighted by Crippen LogP contribution is -2.54. The fraction of sp³-hybridized carbons (Fsp3) is 1.00. The molecule has 2 heterocycles. The topological polar surface area (TPSA) is 58.6 Å². The van der Waals surface area contributed by atoms with Crippen LogP contribution in [0.2, 0.25) is 0 Å². The molecule has 124 valence electrons. The molecule has 0 bridgehead atoms. The highest BCUT2D eigenvalue weighted by Gasteiger charge is 2.38. The molecule has 1 N–H and O–H groups in total. The first kappa shape index (κ1) is 17.2. The van der Waals surface area contributed by atoms with Gasteiger partial charge >= 0.3 is 0 Å². The third-order valence-electron chi connectivity index (χ3n) is 4.79. The fourth-order valence-electron chi connectivity index (χ4n) is 3.31. The Balaban J connectivity index is 2.01. The highest BCUT2D eigenvalue weighted by molar-refractivity contribution is 7.91. The fourth-order valence-corrected chi connectivity index (χ4v) is 4.94. The molecule has 1 atom stereocenters. The van der Waals surface area contributed by atoms with E-state index in [0.29, 0.717) is 24.1 Å². The zero-order valence-electron chi connectivity index (χ0n) is 13.6. The van der Waals surface area contributed by atoms with Crippen LogP contribution in [0, 0.1) is 5.41 Å². The summed E-state index contributed by atoms with van der Waals surface area (Å²) in [6, 6.07) is 0.603. The van der Waals surface area contributed by atoms with E-state index < -0.39 is 9.84 Å². The lowest BCUT2D eigenvalue weighted by atomic mass is 9.79. The van der Waals surface area contributed by atoms with Gasteiger partial charge in [-0.1, -0.05) is 13.8 Å². The number of nitrogens with one attached hydrogen (secondary N) is 1. The molecule has 1 unspecified atom stereocenters. The zero-order chi connectivity index (χ0) is 15.5. The predicted molar refractivity (Wildman–Crippen MR) is 85.3 cm³/mol. The predicted octanol–water partition coefficient (Wildman–Crippen LogP) is 0.900. The van der Waals surface area contributed by atoms with Gasteiger partial charge in [0.1, 0.15) is 0 Å². The van der Waals surface area contributed by atoms with Crippen LogP contribution in [0.4, 0.5) is 0 Å². The molecule has 0 aromatic rings. The van der Waals surface area contributed by atoms with Gasteiger partial charge in [-0.2, -0.15) is 0 Å². The molecular formula is C15H30N2O3S. The second-order valence-electron chi connectivity index (χ2n) is 7.08. The number of nitrogens with zero attached hydrogens (tertiary/aromatic N) is 1. The van der Waals surface area contributed by atoms with Gasteiger partial charge < -0.3 is 10.1 Å². The van der Waals surface area contributed by atoms with Crippen molar-refractivity contribution in [3.63, 3.8) is 0 Å². The molecule has 0 aromatic carbocycles. The van der Waals surface area contributed by atoms with Crippen LogP contribution in [-0.2, 0) is 14.6 Å². The third-order valence-corrected chi connectivity index (χ3v) is 6.58. The highest BCUT2D eigenvalue weighted by atomic mass is 32.2. The Morgan fingerprint density at radius 2 is 2.00 bits per heavy atom. The van der Waals surface area contributed by atoms with Crippen molar-refractivity contribution in [1.29, 1.82) is 0 Å². The van der Waals surface area contributed by atoms with Crippen LogP contribution in [0.25, 0.3) is 0 Å². The van der Waals surface area contributed by atoms with E-state index in [9.17, 15) is 8.42 Å². The number of hydrogen-bond donors (Lipinski definition) is 1. The van der Waals surface area contributed by atoms with E-state index in [1.54, 1.807) is 0 Å². The summed E-state index contributed by atoms with van der Waals surface area (Å²) in [5, 5.41) is 3.58. The van der Waals surface area contributed by atoms with Crippen molar-refractivity contribution < 1.29 is 13.2 Å². The van der Waals surface area contributed by atoms with Crippen molar-refractivity contribution in [2.24, 2.45) is 5.41 Å². The Hall–Kier alpha value is -0.170. The molecule has 0 saturated carbocycles. The van der Waals surface area contributed by atoms with E-state index in [-0.39, 0.29) is 11.5 Å². The summed E-state index contributed by atoms with van der Waals surface area (Å²) in [5.41, 5.74) is 0.220. The van der Waals surface area contributed by atoms with Gasteiger partial charge in [0, 0.05) is 44.9 Å². The summed E-state index contributed by atoms with van der Waals surface area (Å²) < 4.78 is 29.0. The normalized spacial score (nSPS) is 29.6. The molecule has 2 saturated heterocycles. The maximum absolute atomic E-state index is 11.7. The van der Waals surface area contributed by atoms with Gasteiger partial charge in [0.2, 0.25) is 0 Å². The second kappa shape index (κ2) is 6.94. The molecule has 0 aromatic heterocycles. The van der Waals surface area contributed by atoms with Crippen LogP contribution in [0.1, 0.15) is 33.6 Å². The Morgan fingerprint density at radius 3 is 2.57 bits per heavy atom. The van der Waals surface area contributed by atoms with Crippen molar-refractivity contribution in [1.82, 2.24) is 10.2 Å². The molecule has 2 aliphatic rings. The maximum Gasteiger partial charge on any atom is 0.153 e. The summed E-state index contributed by atoms with van der Waals surface area (Å²) in [6.45, 7) is 10.7. The van der Waals surface area contributed by atoms with Crippen LogP contribution in [-0.4, -0.2) is 69.8 Å².